The first-order valence-electron chi connectivity index (χ1n) is 8.96. The number of piperidine rings is 1. The minimum Gasteiger partial charge on any atom is -0.383 e. The minimum absolute atomic E-state index is 0.217. The van der Waals surface area contributed by atoms with Crippen molar-refractivity contribution in [1.29, 1.82) is 0 Å². The predicted molar refractivity (Wildman–Crippen MR) is 99.6 cm³/mol. The molecule has 0 aromatic carbocycles. The number of anilines is 1. The van der Waals surface area contributed by atoms with Gasteiger partial charge in [0, 0.05) is 39.0 Å². The Balaban J connectivity index is 1.99. The first kappa shape index (κ1) is 18.5. The third-order valence-corrected chi connectivity index (χ3v) is 4.05. The molecule has 1 fully saturated rings. The Kier molecular flexibility index (Phi) is 7.82. The van der Waals surface area contributed by atoms with Gasteiger partial charge in [0.2, 0.25) is 0 Å². The van der Waals surface area contributed by atoms with Crippen molar-refractivity contribution in [3.8, 4) is 0 Å². The van der Waals surface area contributed by atoms with Gasteiger partial charge in [0.05, 0.1) is 13.2 Å². The van der Waals surface area contributed by atoms with E-state index in [1.165, 1.54) is 24.8 Å². The van der Waals surface area contributed by atoms with Crippen LogP contribution in [0.1, 0.15) is 38.7 Å². The summed E-state index contributed by atoms with van der Waals surface area (Å²) in [4.78, 5) is 11.6. The highest BCUT2D eigenvalue weighted by Crippen LogP contribution is 2.18. The third-order valence-electron chi connectivity index (χ3n) is 4.05. The molecular formula is C18H31N5O. The predicted octanol–water partition coefficient (Wildman–Crippen LogP) is 2.16. The highest BCUT2D eigenvalue weighted by molar-refractivity contribution is 5.80. The fourth-order valence-corrected chi connectivity index (χ4v) is 2.87. The molecule has 2 rings (SSSR count). The molecule has 134 valence electrons. The monoisotopic (exact) mass is 333 g/mol. The number of ether oxygens (including phenoxy) is 1. The molecule has 2 heterocycles. The molecule has 0 radical (unpaired) electrons. The fourth-order valence-electron chi connectivity index (χ4n) is 2.87. The molecule has 0 spiro atoms. The molecule has 1 aliphatic rings. The van der Waals surface area contributed by atoms with Gasteiger partial charge < -0.3 is 20.3 Å². The number of methoxy groups -OCH3 is 1. The van der Waals surface area contributed by atoms with Crippen LogP contribution in [0.15, 0.2) is 23.3 Å². The van der Waals surface area contributed by atoms with Crippen LogP contribution in [-0.4, -0.2) is 50.3 Å². The zero-order valence-corrected chi connectivity index (χ0v) is 15.2. The fraction of sp³-hybridized carbons (Fsp3) is 0.667. The summed E-state index contributed by atoms with van der Waals surface area (Å²) in [6.45, 7) is 8.49. The SMILES string of the molecule is CCNC(=NCc1ccnc(N2CCCCC2)c1)NC(C)COC. The summed E-state index contributed by atoms with van der Waals surface area (Å²) in [6.07, 6.45) is 5.74. The molecule has 1 saturated heterocycles. The van der Waals surface area contributed by atoms with Gasteiger partial charge in [0.15, 0.2) is 5.96 Å². The van der Waals surface area contributed by atoms with Crippen molar-refractivity contribution >= 4 is 11.8 Å². The van der Waals surface area contributed by atoms with Crippen LogP contribution in [0.5, 0.6) is 0 Å². The maximum Gasteiger partial charge on any atom is 0.191 e. The number of rotatable bonds is 7. The second kappa shape index (κ2) is 10.1. The minimum atomic E-state index is 0.217. The average Bonchev–Trinajstić information content (AvgIpc) is 2.61. The summed E-state index contributed by atoms with van der Waals surface area (Å²) in [5.41, 5.74) is 1.18. The molecule has 0 amide bonds. The van der Waals surface area contributed by atoms with Crippen molar-refractivity contribution in [2.75, 3.05) is 38.3 Å². The van der Waals surface area contributed by atoms with Gasteiger partial charge >= 0.3 is 0 Å². The van der Waals surface area contributed by atoms with Crippen LogP contribution in [0.2, 0.25) is 0 Å². The lowest BCUT2D eigenvalue weighted by Gasteiger charge is -2.27. The number of hydrogen-bond donors (Lipinski definition) is 2. The van der Waals surface area contributed by atoms with E-state index in [0.29, 0.717) is 13.2 Å². The van der Waals surface area contributed by atoms with Crippen LogP contribution in [0.25, 0.3) is 0 Å². The van der Waals surface area contributed by atoms with E-state index < -0.39 is 0 Å². The number of nitrogens with one attached hydrogen (secondary N) is 2. The van der Waals surface area contributed by atoms with Crippen molar-refractivity contribution < 1.29 is 4.74 Å². The quantitative estimate of drug-likeness (QED) is 0.591. The van der Waals surface area contributed by atoms with Crippen LogP contribution in [0.4, 0.5) is 5.82 Å². The van der Waals surface area contributed by atoms with Gasteiger partial charge in [0.25, 0.3) is 0 Å². The molecule has 1 aromatic rings. The highest BCUT2D eigenvalue weighted by Gasteiger charge is 2.12. The molecule has 0 bridgehead atoms. The topological polar surface area (TPSA) is 61.8 Å². The molecule has 6 heteroatoms. The maximum absolute atomic E-state index is 5.17. The summed E-state index contributed by atoms with van der Waals surface area (Å²) in [5.74, 6) is 1.89. The van der Waals surface area contributed by atoms with E-state index >= 15 is 0 Å². The molecule has 24 heavy (non-hydrogen) atoms. The van der Waals surface area contributed by atoms with Crippen LogP contribution in [0.3, 0.4) is 0 Å². The summed E-state index contributed by atoms with van der Waals surface area (Å²) < 4.78 is 5.17. The molecule has 0 saturated carbocycles. The molecular weight excluding hydrogens is 302 g/mol. The molecule has 6 nitrogen and oxygen atoms in total. The molecule has 0 aliphatic carbocycles. The second-order valence-electron chi connectivity index (χ2n) is 6.27. The number of aromatic nitrogens is 1. The van der Waals surface area contributed by atoms with E-state index in [9.17, 15) is 0 Å². The van der Waals surface area contributed by atoms with Gasteiger partial charge in [-0.25, -0.2) is 9.98 Å². The molecule has 1 aromatic heterocycles. The second-order valence-corrected chi connectivity index (χ2v) is 6.27. The standard InChI is InChI=1S/C18H31N5O/c1-4-19-18(22-15(2)14-24-3)21-13-16-8-9-20-17(12-16)23-10-6-5-7-11-23/h8-9,12,15H,4-7,10-11,13-14H2,1-3H3,(H2,19,21,22). The first-order valence-corrected chi connectivity index (χ1v) is 8.96. The zero-order valence-electron chi connectivity index (χ0n) is 15.2. The van der Waals surface area contributed by atoms with Crippen LogP contribution >= 0.6 is 0 Å². The van der Waals surface area contributed by atoms with Gasteiger partial charge in [-0.1, -0.05) is 0 Å². The maximum atomic E-state index is 5.17. The van der Waals surface area contributed by atoms with Gasteiger partial charge in [0.1, 0.15) is 5.82 Å². The van der Waals surface area contributed by atoms with E-state index in [1.807, 2.05) is 12.3 Å². The van der Waals surface area contributed by atoms with E-state index in [4.69, 9.17) is 4.74 Å². The van der Waals surface area contributed by atoms with Crippen LogP contribution < -0.4 is 15.5 Å². The van der Waals surface area contributed by atoms with Crippen molar-refractivity contribution in [1.82, 2.24) is 15.6 Å². The van der Waals surface area contributed by atoms with Gasteiger partial charge in [-0.05, 0) is 50.8 Å². The van der Waals surface area contributed by atoms with E-state index in [0.717, 1.165) is 31.4 Å². The summed E-state index contributed by atoms with van der Waals surface area (Å²) >= 11 is 0. The summed E-state index contributed by atoms with van der Waals surface area (Å²) in [6, 6.07) is 4.42. The number of nitrogens with zero attached hydrogens (tertiary/aromatic N) is 3. The van der Waals surface area contributed by atoms with Gasteiger partial charge in [-0.3, -0.25) is 0 Å². The number of aliphatic imine (C=N–C) groups is 1. The zero-order chi connectivity index (χ0) is 17.2. The molecule has 2 N–H and O–H groups in total. The third kappa shape index (κ3) is 6.00. The van der Waals surface area contributed by atoms with E-state index in [-0.39, 0.29) is 6.04 Å². The highest BCUT2D eigenvalue weighted by atomic mass is 16.5. The van der Waals surface area contributed by atoms with Crippen LogP contribution in [0, 0.1) is 0 Å². The Morgan fingerprint density at radius 1 is 1.38 bits per heavy atom. The van der Waals surface area contributed by atoms with Gasteiger partial charge in [-0.2, -0.15) is 0 Å². The average molecular weight is 333 g/mol. The smallest absolute Gasteiger partial charge is 0.191 e. The lowest BCUT2D eigenvalue weighted by Crippen LogP contribution is -2.43. The van der Waals surface area contributed by atoms with Crippen molar-refractivity contribution in [2.24, 2.45) is 4.99 Å². The van der Waals surface area contributed by atoms with Crippen molar-refractivity contribution in [3.63, 3.8) is 0 Å². The van der Waals surface area contributed by atoms with Crippen molar-refractivity contribution in [3.05, 3.63) is 23.9 Å². The molecule has 1 atom stereocenters. The Morgan fingerprint density at radius 2 is 2.17 bits per heavy atom. The Morgan fingerprint density at radius 3 is 2.88 bits per heavy atom. The Hall–Kier alpha value is -1.82. The molecule has 1 aliphatic heterocycles. The summed E-state index contributed by atoms with van der Waals surface area (Å²) in [7, 11) is 1.71. The van der Waals surface area contributed by atoms with Gasteiger partial charge in [-0.15, -0.1) is 0 Å². The lowest BCUT2D eigenvalue weighted by molar-refractivity contribution is 0.179. The largest absolute Gasteiger partial charge is 0.383 e. The Labute approximate surface area is 145 Å². The van der Waals surface area contributed by atoms with Crippen molar-refractivity contribution in [2.45, 2.75) is 45.7 Å². The summed E-state index contributed by atoms with van der Waals surface area (Å²) in [5, 5.41) is 6.63. The van der Waals surface area contributed by atoms with E-state index in [2.05, 4.69) is 45.4 Å². The normalized spacial score (nSPS) is 16.8. The Bertz CT molecular complexity index is 514. The lowest BCUT2D eigenvalue weighted by atomic mass is 10.1. The number of hydrogen-bond acceptors (Lipinski definition) is 4. The molecule has 1 unspecified atom stereocenters. The first-order chi connectivity index (χ1) is 11.7. The van der Waals surface area contributed by atoms with Crippen LogP contribution in [-0.2, 0) is 11.3 Å². The number of guanidine groups is 1. The van der Waals surface area contributed by atoms with E-state index in [1.54, 1.807) is 7.11 Å². The number of pyridine rings is 1.